The Labute approximate surface area is 129 Å². The Morgan fingerprint density at radius 1 is 1.32 bits per heavy atom. The van der Waals surface area contributed by atoms with Crippen molar-refractivity contribution in [3.8, 4) is 0 Å². The normalized spacial score (nSPS) is 12.5. The molecule has 0 saturated carbocycles. The second-order valence-corrected chi connectivity index (χ2v) is 6.65. The van der Waals surface area contributed by atoms with Gasteiger partial charge in [0.1, 0.15) is 0 Å². The van der Waals surface area contributed by atoms with E-state index in [1.54, 1.807) is 12.1 Å². The van der Waals surface area contributed by atoms with Crippen molar-refractivity contribution in [1.29, 1.82) is 0 Å². The molecule has 1 N–H and O–H groups in total. The van der Waals surface area contributed by atoms with Crippen LogP contribution in [0.1, 0.15) is 50.4 Å². The quantitative estimate of drug-likeness (QED) is 0.767. The highest BCUT2D eigenvalue weighted by Crippen LogP contribution is 2.21. The zero-order valence-electron chi connectivity index (χ0n) is 11.7. The van der Waals surface area contributed by atoms with Crippen molar-refractivity contribution in [3.05, 3.63) is 33.3 Å². The minimum atomic E-state index is -0.108. The highest BCUT2D eigenvalue weighted by Gasteiger charge is 2.13. The molecule has 106 valence electrons. The Kier molecular flexibility index (Phi) is 6.87. The molecule has 1 amide bonds. The van der Waals surface area contributed by atoms with Crippen LogP contribution in [0.25, 0.3) is 0 Å². The van der Waals surface area contributed by atoms with Crippen LogP contribution in [0.2, 0.25) is 5.02 Å². The lowest BCUT2D eigenvalue weighted by atomic mass is 10.0. The molecule has 0 spiro atoms. The topological polar surface area (TPSA) is 29.1 Å². The number of carbonyl (C=O) groups is 1. The number of hydrogen-bond acceptors (Lipinski definition) is 1. The van der Waals surface area contributed by atoms with Crippen LogP contribution in [-0.2, 0) is 0 Å². The third kappa shape index (κ3) is 5.96. The van der Waals surface area contributed by atoms with Crippen LogP contribution in [0.3, 0.4) is 0 Å². The first kappa shape index (κ1) is 16.5. The van der Waals surface area contributed by atoms with E-state index in [1.165, 1.54) is 6.42 Å². The molecule has 0 heterocycles. The Bertz CT molecular complexity index is 434. The van der Waals surface area contributed by atoms with Gasteiger partial charge in [-0.05, 0) is 37.5 Å². The number of benzene rings is 1. The lowest BCUT2D eigenvalue weighted by molar-refractivity contribution is 0.0938. The van der Waals surface area contributed by atoms with E-state index in [9.17, 15) is 4.79 Å². The minimum Gasteiger partial charge on any atom is -0.350 e. The first-order valence-corrected chi connectivity index (χ1v) is 7.83. The molecule has 0 aliphatic carbocycles. The molecule has 1 aromatic carbocycles. The maximum absolute atomic E-state index is 12.1. The SMILES string of the molecule is CC(C)CCCC(C)NC(=O)c1cc(Br)ccc1Cl. The van der Waals surface area contributed by atoms with Gasteiger partial charge in [-0.1, -0.05) is 54.2 Å². The molecule has 0 aliphatic heterocycles. The second kappa shape index (κ2) is 7.91. The van der Waals surface area contributed by atoms with E-state index in [0.29, 0.717) is 16.5 Å². The summed E-state index contributed by atoms with van der Waals surface area (Å²) in [5.74, 6) is 0.603. The lowest BCUT2D eigenvalue weighted by Gasteiger charge is -2.15. The summed E-state index contributed by atoms with van der Waals surface area (Å²) in [7, 11) is 0. The van der Waals surface area contributed by atoms with Crippen molar-refractivity contribution < 1.29 is 4.79 Å². The Hall–Kier alpha value is -0.540. The molecule has 1 rings (SSSR count). The van der Waals surface area contributed by atoms with Crippen molar-refractivity contribution in [1.82, 2.24) is 5.32 Å². The van der Waals surface area contributed by atoms with Crippen molar-refractivity contribution in [2.75, 3.05) is 0 Å². The molecule has 4 heteroatoms. The average molecular weight is 347 g/mol. The lowest BCUT2D eigenvalue weighted by Crippen LogP contribution is -2.32. The number of hydrogen-bond donors (Lipinski definition) is 1. The van der Waals surface area contributed by atoms with Crippen LogP contribution in [-0.4, -0.2) is 11.9 Å². The van der Waals surface area contributed by atoms with E-state index in [1.807, 2.05) is 13.0 Å². The van der Waals surface area contributed by atoms with Gasteiger partial charge in [0.05, 0.1) is 10.6 Å². The van der Waals surface area contributed by atoms with Gasteiger partial charge in [-0.15, -0.1) is 0 Å². The van der Waals surface area contributed by atoms with Gasteiger partial charge in [-0.2, -0.15) is 0 Å². The molecule has 1 atom stereocenters. The van der Waals surface area contributed by atoms with Gasteiger partial charge in [-0.3, -0.25) is 4.79 Å². The smallest absolute Gasteiger partial charge is 0.253 e. The summed E-state index contributed by atoms with van der Waals surface area (Å²) in [6, 6.07) is 5.47. The van der Waals surface area contributed by atoms with Crippen molar-refractivity contribution in [2.24, 2.45) is 5.92 Å². The molecule has 1 unspecified atom stereocenters. The van der Waals surface area contributed by atoms with Gasteiger partial charge in [0, 0.05) is 10.5 Å². The standard InChI is InChI=1S/C15H21BrClNO/c1-10(2)5-4-6-11(3)18-15(19)13-9-12(16)7-8-14(13)17/h7-11H,4-6H2,1-3H3,(H,18,19). The Morgan fingerprint density at radius 3 is 2.63 bits per heavy atom. The number of amides is 1. The summed E-state index contributed by atoms with van der Waals surface area (Å²) in [6.07, 6.45) is 3.32. The molecule has 0 fully saturated rings. The fourth-order valence-corrected chi connectivity index (χ4v) is 2.44. The van der Waals surface area contributed by atoms with E-state index in [0.717, 1.165) is 17.3 Å². The van der Waals surface area contributed by atoms with Gasteiger partial charge in [0.25, 0.3) is 5.91 Å². The number of carbonyl (C=O) groups excluding carboxylic acids is 1. The summed E-state index contributed by atoms with van der Waals surface area (Å²) < 4.78 is 0.856. The van der Waals surface area contributed by atoms with Gasteiger partial charge >= 0.3 is 0 Å². The maximum Gasteiger partial charge on any atom is 0.253 e. The summed E-state index contributed by atoms with van der Waals surface area (Å²) in [6.45, 7) is 6.46. The molecular weight excluding hydrogens is 326 g/mol. The fourth-order valence-electron chi connectivity index (χ4n) is 1.88. The summed E-state index contributed by atoms with van der Waals surface area (Å²) in [5, 5.41) is 3.48. The number of nitrogens with one attached hydrogen (secondary N) is 1. The van der Waals surface area contributed by atoms with Gasteiger partial charge < -0.3 is 5.32 Å². The summed E-state index contributed by atoms with van der Waals surface area (Å²) >= 11 is 9.39. The van der Waals surface area contributed by atoms with Crippen molar-refractivity contribution >= 4 is 33.4 Å². The van der Waals surface area contributed by atoms with Gasteiger partial charge in [-0.25, -0.2) is 0 Å². The molecule has 1 aromatic rings. The van der Waals surface area contributed by atoms with Crippen LogP contribution in [0.4, 0.5) is 0 Å². The molecule has 0 radical (unpaired) electrons. The largest absolute Gasteiger partial charge is 0.350 e. The second-order valence-electron chi connectivity index (χ2n) is 5.32. The molecule has 19 heavy (non-hydrogen) atoms. The van der Waals surface area contributed by atoms with Crippen molar-refractivity contribution in [2.45, 2.75) is 46.1 Å². The van der Waals surface area contributed by atoms with E-state index in [-0.39, 0.29) is 11.9 Å². The molecule has 0 saturated heterocycles. The Balaban J connectivity index is 2.52. The maximum atomic E-state index is 12.1. The molecule has 0 aliphatic rings. The van der Waals surface area contributed by atoms with Crippen LogP contribution < -0.4 is 5.32 Å². The number of rotatable bonds is 6. The summed E-state index contributed by atoms with van der Waals surface area (Å²) in [4.78, 5) is 12.1. The zero-order valence-corrected chi connectivity index (χ0v) is 14.0. The average Bonchev–Trinajstić information content (AvgIpc) is 2.31. The fraction of sp³-hybridized carbons (Fsp3) is 0.533. The molecular formula is C15H21BrClNO. The predicted molar refractivity (Wildman–Crippen MR) is 84.8 cm³/mol. The number of halogens is 2. The summed E-state index contributed by atoms with van der Waals surface area (Å²) in [5.41, 5.74) is 0.520. The van der Waals surface area contributed by atoms with Crippen LogP contribution >= 0.6 is 27.5 Å². The van der Waals surface area contributed by atoms with Gasteiger partial charge in [0.2, 0.25) is 0 Å². The third-order valence-electron chi connectivity index (χ3n) is 2.97. The van der Waals surface area contributed by atoms with Crippen molar-refractivity contribution in [3.63, 3.8) is 0 Å². The van der Waals surface area contributed by atoms with Crippen LogP contribution in [0, 0.1) is 5.92 Å². The monoisotopic (exact) mass is 345 g/mol. The molecule has 2 nitrogen and oxygen atoms in total. The molecule has 0 bridgehead atoms. The Morgan fingerprint density at radius 2 is 2.00 bits per heavy atom. The van der Waals surface area contributed by atoms with Gasteiger partial charge in [0.15, 0.2) is 0 Å². The highest BCUT2D eigenvalue weighted by atomic mass is 79.9. The minimum absolute atomic E-state index is 0.108. The van der Waals surface area contributed by atoms with Crippen LogP contribution in [0.15, 0.2) is 22.7 Å². The van der Waals surface area contributed by atoms with Crippen LogP contribution in [0.5, 0.6) is 0 Å². The zero-order chi connectivity index (χ0) is 14.4. The highest BCUT2D eigenvalue weighted by molar-refractivity contribution is 9.10. The molecule has 0 aromatic heterocycles. The van der Waals surface area contributed by atoms with E-state index in [4.69, 9.17) is 11.6 Å². The van der Waals surface area contributed by atoms with E-state index < -0.39 is 0 Å². The van der Waals surface area contributed by atoms with E-state index >= 15 is 0 Å². The first-order valence-electron chi connectivity index (χ1n) is 6.66. The predicted octanol–water partition coefficient (Wildman–Crippen LogP) is 5.05. The third-order valence-corrected chi connectivity index (χ3v) is 3.79. The first-order chi connectivity index (χ1) is 8.90. The van der Waals surface area contributed by atoms with E-state index in [2.05, 4.69) is 35.1 Å².